The third kappa shape index (κ3) is 5.23. The molecule has 1 unspecified atom stereocenters. The number of aliphatic carboxylic acids is 1. The third-order valence-corrected chi connectivity index (χ3v) is 6.80. The van der Waals surface area contributed by atoms with E-state index in [1.807, 2.05) is 24.3 Å². The molecule has 2 aliphatic rings. The summed E-state index contributed by atoms with van der Waals surface area (Å²) in [6.45, 7) is 1.00. The van der Waals surface area contributed by atoms with Crippen LogP contribution in [-0.4, -0.2) is 41.1 Å². The van der Waals surface area contributed by atoms with E-state index in [-0.39, 0.29) is 5.91 Å². The van der Waals surface area contributed by atoms with Gasteiger partial charge in [0.05, 0.1) is 11.6 Å². The van der Waals surface area contributed by atoms with Gasteiger partial charge in [-0.2, -0.15) is 4.89 Å². The van der Waals surface area contributed by atoms with E-state index in [0.717, 1.165) is 45.9 Å². The van der Waals surface area contributed by atoms with Crippen molar-refractivity contribution in [1.29, 1.82) is 0 Å². The quantitative estimate of drug-likeness (QED) is 0.509. The summed E-state index contributed by atoms with van der Waals surface area (Å²) in [7, 11) is 0. The fourth-order valence-corrected chi connectivity index (χ4v) is 4.89. The first-order valence-electron chi connectivity index (χ1n) is 10.1. The molecule has 2 aliphatic heterocycles. The third-order valence-electron chi connectivity index (χ3n) is 5.31. The number of rotatable bonds is 5. The van der Waals surface area contributed by atoms with Crippen molar-refractivity contribution >= 4 is 41.3 Å². The number of carboxylic acid groups (broad SMARTS) is 1. The van der Waals surface area contributed by atoms with Crippen LogP contribution in [0.25, 0.3) is 6.08 Å². The summed E-state index contributed by atoms with van der Waals surface area (Å²) < 4.78 is 0. The predicted octanol–water partition coefficient (Wildman–Crippen LogP) is 4.84. The number of piperidine rings is 1. The molecule has 2 aromatic rings. The molecule has 162 valence electrons. The summed E-state index contributed by atoms with van der Waals surface area (Å²) in [5.41, 5.74) is 1.88. The summed E-state index contributed by atoms with van der Waals surface area (Å²) in [6.07, 6.45) is 6.04. The van der Waals surface area contributed by atoms with Crippen LogP contribution in [0.5, 0.6) is 5.75 Å². The van der Waals surface area contributed by atoms with Gasteiger partial charge in [-0.25, -0.2) is 4.79 Å². The Hall–Kier alpha value is -2.48. The number of fused-ring (bicyclic) bond motifs is 1. The maximum atomic E-state index is 12.5. The number of hydrogen-bond acceptors (Lipinski definition) is 5. The highest BCUT2D eigenvalue weighted by Gasteiger charge is 2.30. The Balaban J connectivity index is 1.43. The number of carbonyl (C=O) groups excluding carboxylic acids is 1. The first kappa shape index (κ1) is 21.7. The molecule has 6 nitrogen and oxygen atoms in total. The van der Waals surface area contributed by atoms with Crippen LogP contribution in [0, 0.1) is 0 Å². The number of halogens is 1. The lowest BCUT2D eigenvalue weighted by molar-refractivity contribution is -0.215. The fourth-order valence-electron chi connectivity index (χ4n) is 3.70. The van der Waals surface area contributed by atoms with E-state index in [0.29, 0.717) is 24.6 Å². The van der Waals surface area contributed by atoms with Crippen molar-refractivity contribution in [1.82, 2.24) is 4.90 Å². The minimum absolute atomic E-state index is 0.290. The van der Waals surface area contributed by atoms with Crippen molar-refractivity contribution in [2.45, 2.75) is 41.5 Å². The normalized spacial score (nSPS) is 18.5. The molecule has 2 aromatic carbocycles. The first-order chi connectivity index (χ1) is 15.0. The van der Waals surface area contributed by atoms with Gasteiger partial charge in [-0.1, -0.05) is 29.4 Å². The Kier molecular flexibility index (Phi) is 6.85. The lowest BCUT2D eigenvalue weighted by atomic mass is 10.0. The molecule has 8 heteroatoms. The van der Waals surface area contributed by atoms with Gasteiger partial charge in [0.2, 0.25) is 5.91 Å². The van der Waals surface area contributed by atoms with Crippen LogP contribution in [0.4, 0.5) is 0 Å². The van der Waals surface area contributed by atoms with Crippen LogP contribution in [0.1, 0.15) is 30.4 Å². The van der Waals surface area contributed by atoms with Gasteiger partial charge in [0.1, 0.15) is 6.04 Å². The molecule has 1 fully saturated rings. The molecule has 0 radical (unpaired) electrons. The molecule has 1 saturated heterocycles. The second kappa shape index (κ2) is 9.77. The summed E-state index contributed by atoms with van der Waals surface area (Å²) in [4.78, 5) is 37.5. The highest BCUT2D eigenvalue weighted by Crippen LogP contribution is 2.36. The lowest BCUT2D eigenvalue weighted by Gasteiger charge is -2.32. The second-order valence-corrected chi connectivity index (χ2v) is 8.95. The molecular formula is C23H22ClNO5S. The molecule has 0 saturated carbocycles. The molecule has 0 aliphatic carbocycles. The molecular weight excluding hydrogens is 438 g/mol. The van der Waals surface area contributed by atoms with Crippen molar-refractivity contribution in [3.8, 4) is 5.75 Å². The molecule has 2 heterocycles. The Morgan fingerprint density at radius 3 is 2.87 bits per heavy atom. The smallest absolute Gasteiger partial charge is 0.326 e. The maximum absolute atomic E-state index is 12.5. The second-order valence-electron chi connectivity index (χ2n) is 7.43. The Morgan fingerprint density at radius 2 is 2.06 bits per heavy atom. The van der Waals surface area contributed by atoms with Gasteiger partial charge in [0.25, 0.3) is 0 Å². The predicted molar refractivity (Wildman–Crippen MR) is 118 cm³/mol. The zero-order valence-corrected chi connectivity index (χ0v) is 18.3. The van der Waals surface area contributed by atoms with E-state index in [1.54, 1.807) is 23.9 Å². The van der Waals surface area contributed by atoms with Gasteiger partial charge < -0.3 is 14.9 Å². The Bertz CT molecular complexity index is 1030. The van der Waals surface area contributed by atoms with Gasteiger partial charge in [-0.15, -0.1) is 0 Å². The summed E-state index contributed by atoms with van der Waals surface area (Å²) >= 11 is 8.03. The van der Waals surface area contributed by atoms with Crippen LogP contribution in [0.3, 0.4) is 0 Å². The average Bonchev–Trinajstić information content (AvgIpc) is 2.79. The standard InChI is InChI=1S/C23H22ClNO5S/c24-18-13-15(5-9-22(26)25-11-2-1-3-19(25)23(27)28)4-8-21(18)31-17-6-7-20-16(14-17)10-12-29-30-20/h4-9,13-14,19H,1-3,10-12H2,(H,27,28). The van der Waals surface area contributed by atoms with E-state index >= 15 is 0 Å². The van der Waals surface area contributed by atoms with Crippen LogP contribution in [0.15, 0.2) is 52.3 Å². The summed E-state index contributed by atoms with van der Waals surface area (Å²) in [5, 5.41) is 9.93. The van der Waals surface area contributed by atoms with Gasteiger partial charge in [0, 0.05) is 34.4 Å². The number of amides is 1. The van der Waals surface area contributed by atoms with Crippen LogP contribution in [-0.2, 0) is 20.9 Å². The lowest BCUT2D eigenvalue weighted by Crippen LogP contribution is -2.47. The maximum Gasteiger partial charge on any atom is 0.326 e. The number of carboxylic acids is 1. The van der Waals surface area contributed by atoms with E-state index in [1.165, 1.54) is 11.0 Å². The van der Waals surface area contributed by atoms with Crippen LogP contribution in [0.2, 0.25) is 5.02 Å². The summed E-state index contributed by atoms with van der Waals surface area (Å²) in [5.74, 6) is -0.500. The van der Waals surface area contributed by atoms with Crippen molar-refractivity contribution in [3.05, 3.63) is 58.6 Å². The Morgan fingerprint density at radius 1 is 1.19 bits per heavy atom. The largest absolute Gasteiger partial charge is 0.480 e. The topological polar surface area (TPSA) is 76.1 Å². The number of nitrogens with zero attached hydrogens (tertiary/aromatic N) is 1. The molecule has 0 bridgehead atoms. The van der Waals surface area contributed by atoms with Crippen molar-refractivity contribution in [3.63, 3.8) is 0 Å². The molecule has 4 rings (SSSR count). The minimum Gasteiger partial charge on any atom is -0.480 e. The molecule has 1 atom stereocenters. The minimum atomic E-state index is -0.952. The van der Waals surface area contributed by atoms with Crippen LogP contribution < -0.4 is 4.89 Å². The number of carbonyl (C=O) groups is 2. The van der Waals surface area contributed by atoms with E-state index in [4.69, 9.17) is 21.4 Å². The van der Waals surface area contributed by atoms with E-state index < -0.39 is 12.0 Å². The number of hydrogen-bond donors (Lipinski definition) is 1. The highest BCUT2D eigenvalue weighted by molar-refractivity contribution is 7.99. The average molecular weight is 460 g/mol. The summed E-state index contributed by atoms with van der Waals surface area (Å²) in [6, 6.07) is 10.8. The molecule has 0 spiro atoms. The highest BCUT2D eigenvalue weighted by atomic mass is 35.5. The monoisotopic (exact) mass is 459 g/mol. The van der Waals surface area contributed by atoms with Crippen LogP contribution >= 0.6 is 23.4 Å². The zero-order valence-electron chi connectivity index (χ0n) is 16.8. The van der Waals surface area contributed by atoms with Crippen molar-refractivity contribution in [2.75, 3.05) is 13.2 Å². The number of likely N-dealkylation sites (tertiary alicyclic amines) is 1. The van der Waals surface area contributed by atoms with Gasteiger partial charge in [0.15, 0.2) is 5.75 Å². The Labute approximate surface area is 189 Å². The van der Waals surface area contributed by atoms with Crippen molar-refractivity contribution < 1.29 is 24.5 Å². The molecule has 1 amide bonds. The first-order valence-corrected chi connectivity index (χ1v) is 11.3. The van der Waals surface area contributed by atoms with E-state index in [2.05, 4.69) is 6.07 Å². The van der Waals surface area contributed by atoms with Gasteiger partial charge in [-0.05, 0) is 61.2 Å². The fraction of sp³-hybridized carbons (Fsp3) is 0.304. The molecule has 1 N–H and O–H groups in total. The SMILES string of the molecule is O=C(O)C1CCCCN1C(=O)C=Cc1ccc(Sc2ccc3c(c2)CCOO3)c(Cl)c1. The van der Waals surface area contributed by atoms with Gasteiger partial charge >= 0.3 is 5.97 Å². The van der Waals surface area contributed by atoms with E-state index in [9.17, 15) is 14.7 Å². The molecule has 0 aromatic heterocycles. The van der Waals surface area contributed by atoms with Crippen molar-refractivity contribution in [2.24, 2.45) is 0 Å². The molecule has 31 heavy (non-hydrogen) atoms. The number of benzene rings is 2. The van der Waals surface area contributed by atoms with Gasteiger partial charge in [-0.3, -0.25) is 4.79 Å². The zero-order chi connectivity index (χ0) is 21.8.